The molecule has 218 valence electrons. The number of esters is 1. The molecule has 0 spiro atoms. The van der Waals surface area contributed by atoms with E-state index in [1.807, 2.05) is 0 Å². The Morgan fingerprint density at radius 1 is 1.08 bits per heavy atom. The third-order valence-electron chi connectivity index (χ3n) is 12.1. The first-order valence-electron chi connectivity index (χ1n) is 14.8. The zero-order chi connectivity index (χ0) is 27.8. The molecule has 1 saturated heterocycles. The molecule has 0 unspecified atom stereocenters. The van der Waals surface area contributed by atoms with Gasteiger partial charge in [0.15, 0.2) is 6.29 Å². The van der Waals surface area contributed by atoms with Gasteiger partial charge >= 0.3 is 5.97 Å². The van der Waals surface area contributed by atoms with E-state index in [9.17, 15) is 24.9 Å². The molecule has 9 nitrogen and oxygen atoms in total. The lowest BCUT2D eigenvalue weighted by molar-refractivity contribution is -0.287. The third kappa shape index (κ3) is 3.94. The highest BCUT2D eigenvalue weighted by atomic mass is 16.7. The first kappa shape index (κ1) is 27.8. The number of methoxy groups -OCH3 is 1. The van der Waals surface area contributed by atoms with Gasteiger partial charge in [0.25, 0.3) is 0 Å². The van der Waals surface area contributed by atoms with Gasteiger partial charge in [-0.3, -0.25) is 0 Å². The Hall–Kier alpha value is -1.36. The molecule has 2 aliphatic heterocycles. The van der Waals surface area contributed by atoms with Crippen molar-refractivity contribution in [3.8, 4) is 0 Å². The van der Waals surface area contributed by atoms with E-state index in [2.05, 4.69) is 6.92 Å². The van der Waals surface area contributed by atoms with Crippen molar-refractivity contribution in [1.82, 2.24) is 0 Å². The maximum Gasteiger partial charge on any atom is 0.331 e. The lowest BCUT2D eigenvalue weighted by Gasteiger charge is -2.65. The molecule has 6 rings (SSSR count). The summed E-state index contributed by atoms with van der Waals surface area (Å²) in [7, 11) is 1.57. The minimum absolute atomic E-state index is 0.0827. The molecule has 4 aliphatic carbocycles. The Balaban J connectivity index is 1.21. The summed E-state index contributed by atoms with van der Waals surface area (Å²) in [5.41, 5.74) is -2.52. The number of hydrogen-bond donors (Lipinski definition) is 3. The van der Waals surface area contributed by atoms with Crippen LogP contribution >= 0.6 is 0 Å². The van der Waals surface area contributed by atoms with Crippen LogP contribution < -0.4 is 0 Å². The quantitative estimate of drug-likeness (QED) is 0.269. The number of ether oxygens (including phenoxy) is 4. The highest BCUT2D eigenvalue weighted by Crippen LogP contribution is 2.70. The van der Waals surface area contributed by atoms with Gasteiger partial charge in [-0.2, -0.15) is 0 Å². The Bertz CT molecular complexity index is 1030. The number of aliphatic hydroxyl groups is 3. The molecule has 9 heteroatoms. The van der Waals surface area contributed by atoms with Gasteiger partial charge in [0.1, 0.15) is 19.0 Å². The second kappa shape index (κ2) is 9.60. The van der Waals surface area contributed by atoms with E-state index < -0.39 is 40.5 Å². The molecule has 0 aromatic heterocycles. The van der Waals surface area contributed by atoms with Gasteiger partial charge in [-0.1, -0.05) is 6.92 Å². The molecule has 39 heavy (non-hydrogen) atoms. The van der Waals surface area contributed by atoms with Crippen LogP contribution in [0.25, 0.3) is 0 Å². The summed E-state index contributed by atoms with van der Waals surface area (Å²) in [4.78, 5) is 24.8. The fraction of sp³-hybridized carbons (Fsp3) is 0.867. The van der Waals surface area contributed by atoms with Crippen LogP contribution in [-0.2, 0) is 28.5 Å². The first-order valence-corrected chi connectivity index (χ1v) is 14.8. The lowest BCUT2D eigenvalue weighted by atomic mass is 9.41. The van der Waals surface area contributed by atoms with Gasteiger partial charge < -0.3 is 39.1 Å². The monoisotopic (exact) mass is 548 g/mol. The number of hydrogen-bond acceptors (Lipinski definition) is 9. The molecule has 0 amide bonds. The maximum atomic E-state index is 13.0. The highest BCUT2D eigenvalue weighted by molar-refractivity contribution is 5.85. The third-order valence-corrected chi connectivity index (χ3v) is 12.1. The average Bonchev–Trinajstić information content (AvgIpc) is 3.45. The highest BCUT2D eigenvalue weighted by Gasteiger charge is 2.71. The van der Waals surface area contributed by atoms with E-state index in [0.717, 1.165) is 31.1 Å². The van der Waals surface area contributed by atoms with Crippen LogP contribution in [0, 0.1) is 28.6 Å². The Kier molecular flexibility index (Phi) is 6.84. The standard InChI is InChI=1S/C30H44O9/c1-17-26(33)23(36-3)13-25(38-17)39-19-4-9-28(16-31)21-5-8-27(2)20(18-12-24(32)37-15-18)7-11-30(27,35)22(21)6-10-29(28,34)14-19/h12,16-17,19-23,25-26,33-35H,4-11,13-15H2,1-3H3/t17-,19-,20-,21+,22-,23-,25+,26-,27+,28-,29+,30-/m0/s1. The fourth-order valence-electron chi connectivity index (χ4n) is 9.98. The normalized spacial score (nSPS) is 53.3. The smallest absolute Gasteiger partial charge is 0.331 e. The van der Waals surface area contributed by atoms with Crippen LogP contribution in [0.4, 0.5) is 0 Å². The van der Waals surface area contributed by atoms with Crippen LogP contribution in [0.5, 0.6) is 0 Å². The maximum absolute atomic E-state index is 13.0. The molecular weight excluding hydrogens is 504 g/mol. The van der Waals surface area contributed by atoms with Crippen molar-refractivity contribution in [2.45, 2.75) is 120 Å². The Morgan fingerprint density at radius 3 is 2.54 bits per heavy atom. The molecule has 0 bridgehead atoms. The topological polar surface area (TPSA) is 132 Å². The van der Waals surface area contributed by atoms with Gasteiger partial charge in [-0.25, -0.2) is 4.79 Å². The Morgan fingerprint density at radius 2 is 1.85 bits per heavy atom. The molecule has 5 fully saturated rings. The SMILES string of the molecule is CO[C@H]1C[C@@H](O[C@H]2CC[C@]3(C=O)[C@@H]4CC[C@]5(C)[C@H](C6=CC(=O)OC6)CC[C@]5(O)[C@H]4CC[C@@]3(O)C2)O[C@@H](C)[C@@H]1O. The van der Waals surface area contributed by atoms with Gasteiger partial charge in [-0.15, -0.1) is 0 Å². The number of aldehydes is 1. The summed E-state index contributed by atoms with van der Waals surface area (Å²) in [6.45, 7) is 4.25. The van der Waals surface area contributed by atoms with Crippen molar-refractivity contribution < 1.29 is 43.9 Å². The van der Waals surface area contributed by atoms with E-state index in [-0.39, 0.29) is 35.9 Å². The number of aliphatic hydroxyl groups excluding tert-OH is 1. The molecule has 0 aromatic carbocycles. The van der Waals surface area contributed by atoms with Crippen LogP contribution in [-0.4, -0.2) is 83.2 Å². The number of carbonyl (C=O) groups excluding carboxylic acids is 2. The summed E-state index contributed by atoms with van der Waals surface area (Å²) in [5, 5.41) is 34.8. The minimum atomic E-state index is -1.21. The molecule has 0 radical (unpaired) electrons. The average molecular weight is 549 g/mol. The number of carbonyl (C=O) groups is 2. The number of fused-ring (bicyclic) bond motifs is 5. The van der Waals surface area contributed by atoms with Crippen molar-refractivity contribution in [1.29, 1.82) is 0 Å². The summed E-state index contributed by atoms with van der Waals surface area (Å²) >= 11 is 0. The van der Waals surface area contributed by atoms with Gasteiger partial charge in [-0.05, 0) is 81.6 Å². The molecular formula is C30H44O9. The first-order chi connectivity index (χ1) is 18.5. The lowest BCUT2D eigenvalue weighted by Crippen LogP contribution is -2.69. The largest absolute Gasteiger partial charge is 0.458 e. The van der Waals surface area contributed by atoms with Crippen LogP contribution in [0.3, 0.4) is 0 Å². The van der Waals surface area contributed by atoms with Crippen LogP contribution in [0.15, 0.2) is 11.6 Å². The number of rotatable bonds is 5. The summed E-state index contributed by atoms with van der Waals surface area (Å²) in [5.74, 6) is -0.420. The van der Waals surface area contributed by atoms with Crippen LogP contribution in [0.1, 0.15) is 78.1 Å². The summed E-state index contributed by atoms with van der Waals surface area (Å²) in [6, 6.07) is 0. The van der Waals surface area contributed by atoms with E-state index >= 15 is 0 Å². The van der Waals surface area contributed by atoms with Crippen molar-refractivity contribution >= 4 is 12.3 Å². The van der Waals surface area contributed by atoms with Gasteiger partial charge in [0, 0.05) is 31.4 Å². The molecule has 2 heterocycles. The molecule has 0 aromatic rings. The second-order valence-electron chi connectivity index (χ2n) is 13.5. The molecule has 3 N–H and O–H groups in total. The fourth-order valence-corrected chi connectivity index (χ4v) is 9.98. The molecule has 4 saturated carbocycles. The summed E-state index contributed by atoms with van der Waals surface area (Å²) in [6.07, 6.45) is 6.10. The summed E-state index contributed by atoms with van der Waals surface area (Å²) < 4.78 is 22.9. The zero-order valence-corrected chi connectivity index (χ0v) is 23.3. The van der Waals surface area contributed by atoms with E-state index in [1.165, 1.54) is 0 Å². The minimum Gasteiger partial charge on any atom is -0.458 e. The van der Waals surface area contributed by atoms with Gasteiger partial charge in [0.2, 0.25) is 0 Å². The Labute approximate surface area is 230 Å². The van der Waals surface area contributed by atoms with Crippen LogP contribution in [0.2, 0.25) is 0 Å². The van der Waals surface area contributed by atoms with E-state index in [0.29, 0.717) is 51.6 Å². The van der Waals surface area contributed by atoms with E-state index in [1.54, 1.807) is 20.1 Å². The van der Waals surface area contributed by atoms with E-state index in [4.69, 9.17) is 18.9 Å². The van der Waals surface area contributed by atoms with Crippen molar-refractivity contribution in [2.75, 3.05) is 13.7 Å². The number of cyclic esters (lactones) is 1. The van der Waals surface area contributed by atoms with Crippen molar-refractivity contribution in [3.05, 3.63) is 11.6 Å². The van der Waals surface area contributed by atoms with Crippen molar-refractivity contribution in [3.63, 3.8) is 0 Å². The predicted molar refractivity (Wildman–Crippen MR) is 138 cm³/mol. The zero-order valence-electron chi connectivity index (χ0n) is 23.3. The molecule has 12 atom stereocenters. The predicted octanol–water partition coefficient (Wildman–Crippen LogP) is 2.43. The van der Waals surface area contributed by atoms with Gasteiger partial charge in [0.05, 0.1) is 34.9 Å². The molecule has 6 aliphatic rings. The van der Waals surface area contributed by atoms with Crippen molar-refractivity contribution in [2.24, 2.45) is 28.6 Å². The second-order valence-corrected chi connectivity index (χ2v) is 13.5.